The quantitative estimate of drug-likeness (QED) is 0.651. The molecule has 1 atom stereocenters. The van der Waals surface area contributed by atoms with E-state index >= 15 is 0 Å². The number of nitrogens with two attached hydrogens (primary N) is 1. The number of benzene rings is 2. The maximum Gasteiger partial charge on any atom is 0.238 e. The number of nitrogens with zero attached hydrogens (tertiary/aromatic N) is 1. The average Bonchev–Trinajstić information content (AvgIpc) is 2.64. The number of hydrogen-bond donors (Lipinski definition) is 1. The predicted octanol–water partition coefficient (Wildman–Crippen LogP) is 3.28. The van der Waals surface area contributed by atoms with E-state index in [1.165, 1.54) is 17.0 Å². The number of halogens is 1. The molecule has 1 unspecified atom stereocenters. The molecular formula is C19H21BrN2O4S. The van der Waals surface area contributed by atoms with Crippen LogP contribution in [0.3, 0.4) is 0 Å². The first-order chi connectivity index (χ1) is 12.6. The molecule has 2 rings (SSSR count). The Hall–Kier alpha value is -2.03. The lowest BCUT2D eigenvalue weighted by Crippen LogP contribution is -2.30. The Balaban J connectivity index is 2.02. The van der Waals surface area contributed by atoms with Crippen LogP contribution in [-0.2, 0) is 14.8 Å². The van der Waals surface area contributed by atoms with Crippen LogP contribution < -0.4 is 5.14 Å². The molecule has 6 nitrogen and oxygen atoms in total. The molecule has 0 fully saturated rings. The van der Waals surface area contributed by atoms with Crippen LogP contribution in [0.15, 0.2) is 57.9 Å². The summed E-state index contributed by atoms with van der Waals surface area (Å²) in [6.45, 7) is 1.79. The Labute approximate surface area is 167 Å². The van der Waals surface area contributed by atoms with E-state index in [1.54, 1.807) is 50.4 Å². The maximum atomic E-state index is 12.5. The molecule has 144 valence electrons. The molecule has 0 spiro atoms. The molecule has 2 aromatic rings. The molecule has 0 aliphatic carbocycles. The highest BCUT2D eigenvalue weighted by atomic mass is 79.9. The summed E-state index contributed by atoms with van der Waals surface area (Å²) < 4.78 is 23.9. The number of primary sulfonamides is 1. The number of carbonyl (C=O) groups excluding carboxylic acids is 2. The van der Waals surface area contributed by atoms with Crippen molar-refractivity contribution in [3.63, 3.8) is 0 Å². The molecule has 0 aliphatic rings. The fraction of sp³-hybridized carbons (Fsp3) is 0.263. The van der Waals surface area contributed by atoms with Crippen LogP contribution in [0.25, 0.3) is 0 Å². The molecule has 2 aromatic carbocycles. The molecule has 0 saturated carbocycles. The molecule has 8 heteroatoms. The van der Waals surface area contributed by atoms with Gasteiger partial charge in [0.05, 0.1) is 10.9 Å². The zero-order valence-electron chi connectivity index (χ0n) is 15.1. The van der Waals surface area contributed by atoms with E-state index in [1.807, 2.05) is 0 Å². The monoisotopic (exact) mass is 452 g/mol. The van der Waals surface area contributed by atoms with Crippen LogP contribution in [0.2, 0.25) is 0 Å². The summed E-state index contributed by atoms with van der Waals surface area (Å²) in [5.74, 6) is -0.304. The molecule has 0 heterocycles. The second-order valence-electron chi connectivity index (χ2n) is 6.23. The van der Waals surface area contributed by atoms with Crippen LogP contribution in [0.1, 0.15) is 41.7 Å². The first-order valence-corrected chi connectivity index (χ1v) is 10.6. The summed E-state index contributed by atoms with van der Waals surface area (Å²) in [5.41, 5.74) is 1.21. The van der Waals surface area contributed by atoms with E-state index in [0.717, 1.165) is 4.47 Å². The van der Waals surface area contributed by atoms with Gasteiger partial charge in [0.1, 0.15) is 0 Å². The largest absolute Gasteiger partial charge is 0.339 e. The van der Waals surface area contributed by atoms with Gasteiger partial charge in [0.2, 0.25) is 15.9 Å². The molecule has 0 bridgehead atoms. The SMILES string of the molecule is CC(c1cccc(S(N)(=O)=O)c1)N(C)C(=O)CCC(=O)c1ccc(Br)cc1. The number of amides is 1. The zero-order valence-corrected chi connectivity index (χ0v) is 17.5. The average molecular weight is 453 g/mol. The Morgan fingerprint density at radius 3 is 2.33 bits per heavy atom. The lowest BCUT2D eigenvalue weighted by Gasteiger charge is -2.25. The van der Waals surface area contributed by atoms with Crippen molar-refractivity contribution in [3.8, 4) is 0 Å². The molecule has 0 radical (unpaired) electrons. The van der Waals surface area contributed by atoms with Gasteiger partial charge in [0.15, 0.2) is 5.78 Å². The molecule has 27 heavy (non-hydrogen) atoms. The van der Waals surface area contributed by atoms with Crippen molar-refractivity contribution in [1.29, 1.82) is 0 Å². The predicted molar refractivity (Wildman–Crippen MR) is 107 cm³/mol. The normalized spacial score (nSPS) is 12.4. The minimum absolute atomic E-state index is 0.00175. The fourth-order valence-corrected chi connectivity index (χ4v) is 3.40. The van der Waals surface area contributed by atoms with Gasteiger partial charge in [-0.05, 0) is 36.8 Å². The third kappa shape index (κ3) is 5.72. The first-order valence-electron chi connectivity index (χ1n) is 8.27. The minimum atomic E-state index is -3.81. The van der Waals surface area contributed by atoms with Crippen molar-refractivity contribution < 1.29 is 18.0 Å². The molecule has 0 saturated heterocycles. The number of Topliss-reactive ketones (excluding diaryl/α,β-unsaturated/α-hetero) is 1. The van der Waals surface area contributed by atoms with Gasteiger partial charge in [-0.1, -0.05) is 40.2 Å². The summed E-state index contributed by atoms with van der Waals surface area (Å²) in [6.07, 6.45) is 0.180. The number of hydrogen-bond acceptors (Lipinski definition) is 4. The fourth-order valence-electron chi connectivity index (χ4n) is 2.57. The summed E-state index contributed by atoms with van der Waals surface area (Å²) in [5, 5.41) is 5.16. The van der Waals surface area contributed by atoms with Gasteiger partial charge in [0.25, 0.3) is 0 Å². The van der Waals surface area contributed by atoms with Crippen LogP contribution in [0, 0.1) is 0 Å². The van der Waals surface area contributed by atoms with Crippen molar-refractivity contribution in [1.82, 2.24) is 4.90 Å². The highest BCUT2D eigenvalue weighted by Crippen LogP contribution is 2.22. The lowest BCUT2D eigenvalue weighted by atomic mass is 10.0. The number of sulfonamides is 1. The van der Waals surface area contributed by atoms with Gasteiger partial charge in [0, 0.05) is 29.9 Å². The molecule has 1 amide bonds. The van der Waals surface area contributed by atoms with Crippen molar-refractivity contribution in [3.05, 3.63) is 64.1 Å². The van der Waals surface area contributed by atoms with Crippen LogP contribution in [-0.4, -0.2) is 32.1 Å². The van der Waals surface area contributed by atoms with Gasteiger partial charge in [-0.15, -0.1) is 0 Å². The highest BCUT2D eigenvalue weighted by Gasteiger charge is 2.20. The van der Waals surface area contributed by atoms with Crippen molar-refractivity contribution in [2.24, 2.45) is 5.14 Å². The Morgan fingerprint density at radius 2 is 1.74 bits per heavy atom. The summed E-state index contributed by atoms with van der Waals surface area (Å²) >= 11 is 3.31. The van der Waals surface area contributed by atoms with Gasteiger partial charge < -0.3 is 4.90 Å². The van der Waals surface area contributed by atoms with E-state index in [4.69, 9.17) is 5.14 Å². The second kappa shape index (κ2) is 8.77. The Kier molecular flexibility index (Phi) is 6.91. The van der Waals surface area contributed by atoms with Gasteiger partial charge in [-0.25, -0.2) is 13.6 Å². The molecule has 0 aliphatic heterocycles. The van der Waals surface area contributed by atoms with E-state index in [9.17, 15) is 18.0 Å². The van der Waals surface area contributed by atoms with E-state index < -0.39 is 10.0 Å². The summed E-state index contributed by atoms with van der Waals surface area (Å²) in [7, 11) is -2.19. The van der Waals surface area contributed by atoms with Gasteiger partial charge in [-0.3, -0.25) is 9.59 Å². The standard InChI is InChI=1S/C19H21BrN2O4S/c1-13(15-4-3-5-17(12-15)27(21,25)26)22(2)19(24)11-10-18(23)14-6-8-16(20)9-7-14/h3-9,12-13H,10-11H2,1-2H3,(H2,21,25,26). The summed E-state index contributed by atoms with van der Waals surface area (Å²) in [4.78, 5) is 26.2. The van der Waals surface area contributed by atoms with E-state index in [0.29, 0.717) is 11.1 Å². The third-order valence-electron chi connectivity index (χ3n) is 4.38. The number of rotatable bonds is 7. The van der Waals surface area contributed by atoms with Gasteiger partial charge >= 0.3 is 0 Å². The van der Waals surface area contributed by atoms with Gasteiger partial charge in [-0.2, -0.15) is 0 Å². The van der Waals surface area contributed by atoms with E-state index in [2.05, 4.69) is 15.9 Å². The highest BCUT2D eigenvalue weighted by molar-refractivity contribution is 9.10. The molecular weight excluding hydrogens is 432 g/mol. The third-order valence-corrected chi connectivity index (χ3v) is 5.82. The minimum Gasteiger partial charge on any atom is -0.339 e. The van der Waals surface area contributed by atoms with E-state index in [-0.39, 0.29) is 35.5 Å². The topological polar surface area (TPSA) is 97.5 Å². The summed E-state index contributed by atoms with van der Waals surface area (Å²) in [6, 6.07) is 12.8. The van der Waals surface area contributed by atoms with Crippen LogP contribution in [0.4, 0.5) is 0 Å². The first kappa shape index (κ1) is 21.3. The molecule has 2 N–H and O–H groups in total. The van der Waals surface area contributed by atoms with Crippen molar-refractivity contribution >= 4 is 37.6 Å². The van der Waals surface area contributed by atoms with Crippen LogP contribution in [0.5, 0.6) is 0 Å². The number of carbonyl (C=O) groups is 2. The van der Waals surface area contributed by atoms with Crippen molar-refractivity contribution in [2.75, 3.05) is 7.05 Å². The maximum absolute atomic E-state index is 12.5. The molecule has 0 aromatic heterocycles. The Bertz CT molecular complexity index is 942. The van der Waals surface area contributed by atoms with Crippen molar-refractivity contribution in [2.45, 2.75) is 30.7 Å². The zero-order chi connectivity index (χ0) is 20.2. The Morgan fingerprint density at radius 1 is 1.11 bits per heavy atom. The lowest BCUT2D eigenvalue weighted by molar-refractivity contribution is -0.131. The smallest absolute Gasteiger partial charge is 0.238 e. The second-order valence-corrected chi connectivity index (χ2v) is 8.71. The number of ketones is 1. The van der Waals surface area contributed by atoms with Crippen LogP contribution >= 0.6 is 15.9 Å².